The van der Waals surface area contributed by atoms with E-state index >= 15 is 0 Å². The molecule has 2 aromatic rings. The van der Waals surface area contributed by atoms with Gasteiger partial charge in [0.1, 0.15) is 23.5 Å². The molecule has 2 atom stereocenters. The van der Waals surface area contributed by atoms with Gasteiger partial charge in [0.15, 0.2) is 0 Å². The molecule has 3 aliphatic rings. The maximum absolute atomic E-state index is 2.53. The topological polar surface area (TPSA) is 6.25 Å². The van der Waals surface area contributed by atoms with Crippen molar-refractivity contribution in [2.75, 3.05) is 4.90 Å². The van der Waals surface area contributed by atoms with E-state index in [2.05, 4.69) is 64.3 Å². The average Bonchev–Trinajstić information content (AvgIpc) is 2.94. The summed E-state index contributed by atoms with van der Waals surface area (Å²) in [5.74, 6) is 0. The van der Waals surface area contributed by atoms with Crippen molar-refractivity contribution >= 4 is 17.7 Å². The molecule has 3 heterocycles. The van der Waals surface area contributed by atoms with Crippen molar-refractivity contribution in [3.05, 3.63) is 59.7 Å². The van der Waals surface area contributed by atoms with Crippen LogP contribution in [-0.2, 0) is 12.8 Å². The quantitative estimate of drug-likeness (QED) is 0.667. The summed E-state index contributed by atoms with van der Waals surface area (Å²) in [5.41, 5.74) is 5.83. The van der Waals surface area contributed by atoms with Gasteiger partial charge in [0.25, 0.3) is 0 Å². The molecule has 0 N–H and O–H groups in total. The molecule has 104 valence electrons. The van der Waals surface area contributed by atoms with E-state index in [1.165, 1.54) is 48.2 Å². The van der Waals surface area contributed by atoms with Gasteiger partial charge in [-0.05, 0) is 48.9 Å². The van der Waals surface area contributed by atoms with E-state index in [0.29, 0.717) is 12.1 Å². The fraction of sp³-hybridized carbons (Fsp3) is 0.316. The van der Waals surface area contributed by atoms with E-state index in [1.54, 1.807) is 0 Å². The molecule has 0 aromatic heterocycles. The normalized spacial score (nSPS) is 25.5. The highest BCUT2D eigenvalue weighted by Gasteiger charge is 2.47. The molecule has 3 aliphatic heterocycles. The second kappa shape index (κ2) is 4.20. The van der Waals surface area contributed by atoms with Gasteiger partial charge in [-0.1, -0.05) is 36.4 Å². The van der Waals surface area contributed by atoms with E-state index in [4.69, 9.17) is 0 Å². The van der Waals surface area contributed by atoms with Crippen molar-refractivity contribution in [3.8, 4) is 0 Å². The lowest BCUT2D eigenvalue weighted by Gasteiger charge is -2.30. The summed E-state index contributed by atoms with van der Waals surface area (Å²) in [4.78, 5) is 2.53. The van der Waals surface area contributed by atoms with Crippen molar-refractivity contribution in [2.24, 2.45) is 0 Å². The van der Waals surface area contributed by atoms with Crippen molar-refractivity contribution in [1.29, 1.82) is 0 Å². The van der Waals surface area contributed by atoms with Gasteiger partial charge in [0.05, 0.1) is 0 Å². The minimum Gasteiger partial charge on any atom is -0.226 e. The Kier molecular flexibility index (Phi) is 2.31. The number of nitrogens with zero attached hydrogens (tertiary/aromatic N) is 2. The molecule has 0 amide bonds. The Balaban J connectivity index is 1.66. The first-order valence-corrected chi connectivity index (χ1v) is 7.99. The van der Waals surface area contributed by atoms with Crippen LogP contribution in [0, 0.1) is 0 Å². The summed E-state index contributed by atoms with van der Waals surface area (Å²) in [6.45, 7) is 0. The van der Waals surface area contributed by atoms with Gasteiger partial charge in [-0.3, -0.25) is 0 Å². The standard InChI is InChI=1S/C19H19N2/c1-3-7-16-14(5-1)9-11-18-19-12-10-15-6-2-4-8-17(15)21(19)13-20(16)18/h1-8,13,18-19H,9-12H2/q+1/t18-,19-/m0/s1. The summed E-state index contributed by atoms with van der Waals surface area (Å²) in [6, 6.07) is 19.1. The average molecular weight is 275 g/mol. The van der Waals surface area contributed by atoms with Gasteiger partial charge in [0, 0.05) is 0 Å². The summed E-state index contributed by atoms with van der Waals surface area (Å²) < 4.78 is 2.53. The summed E-state index contributed by atoms with van der Waals surface area (Å²) in [7, 11) is 0. The van der Waals surface area contributed by atoms with Gasteiger partial charge in [0.2, 0.25) is 6.34 Å². The van der Waals surface area contributed by atoms with Crippen LogP contribution in [-0.4, -0.2) is 23.0 Å². The third-order valence-electron chi connectivity index (χ3n) is 5.37. The van der Waals surface area contributed by atoms with Gasteiger partial charge in [-0.25, -0.2) is 9.48 Å². The van der Waals surface area contributed by atoms with Crippen molar-refractivity contribution in [3.63, 3.8) is 0 Å². The predicted molar refractivity (Wildman–Crippen MR) is 85.6 cm³/mol. The number of rotatable bonds is 0. The van der Waals surface area contributed by atoms with Crippen LogP contribution in [0.1, 0.15) is 24.0 Å². The largest absolute Gasteiger partial charge is 0.245 e. The number of benzene rings is 2. The molecule has 21 heavy (non-hydrogen) atoms. The minimum atomic E-state index is 0.647. The van der Waals surface area contributed by atoms with E-state index in [9.17, 15) is 0 Å². The summed E-state index contributed by atoms with van der Waals surface area (Å²) in [5, 5.41) is 0. The summed E-state index contributed by atoms with van der Waals surface area (Å²) >= 11 is 0. The third-order valence-corrected chi connectivity index (χ3v) is 5.37. The molecular formula is C19H19N2+. The molecule has 0 radical (unpaired) electrons. The van der Waals surface area contributed by atoms with Crippen LogP contribution in [0.5, 0.6) is 0 Å². The van der Waals surface area contributed by atoms with Gasteiger partial charge in [-0.2, -0.15) is 0 Å². The van der Waals surface area contributed by atoms with Crippen molar-refractivity contribution in [2.45, 2.75) is 37.8 Å². The number of aryl methyl sites for hydroxylation is 2. The molecular weight excluding hydrogens is 256 g/mol. The van der Waals surface area contributed by atoms with Gasteiger partial charge < -0.3 is 0 Å². The third kappa shape index (κ3) is 1.56. The second-order valence-electron chi connectivity index (χ2n) is 6.40. The maximum atomic E-state index is 2.53. The molecule has 0 saturated carbocycles. The highest BCUT2D eigenvalue weighted by atomic mass is 15.3. The second-order valence-corrected chi connectivity index (χ2v) is 6.40. The molecule has 0 spiro atoms. The fourth-order valence-electron chi connectivity index (χ4n) is 4.38. The molecule has 5 rings (SSSR count). The van der Waals surface area contributed by atoms with Crippen LogP contribution >= 0.6 is 0 Å². The molecule has 0 unspecified atom stereocenters. The van der Waals surface area contributed by atoms with E-state index in [-0.39, 0.29) is 0 Å². The number of anilines is 1. The highest BCUT2D eigenvalue weighted by Crippen LogP contribution is 2.40. The van der Waals surface area contributed by atoms with Crippen molar-refractivity contribution in [1.82, 2.24) is 0 Å². The fourth-order valence-corrected chi connectivity index (χ4v) is 4.38. The van der Waals surface area contributed by atoms with E-state index in [0.717, 1.165) is 0 Å². The Bertz CT molecular complexity index is 747. The minimum absolute atomic E-state index is 0.647. The van der Waals surface area contributed by atoms with Crippen LogP contribution in [0.2, 0.25) is 0 Å². The Morgan fingerprint density at radius 3 is 2.57 bits per heavy atom. The Hall–Kier alpha value is -2.09. The number of fused-ring (bicyclic) bond motifs is 7. The first-order chi connectivity index (χ1) is 10.4. The van der Waals surface area contributed by atoms with Crippen LogP contribution in [0.25, 0.3) is 0 Å². The Labute approximate surface area is 125 Å². The zero-order valence-corrected chi connectivity index (χ0v) is 12.1. The number of hydrogen-bond acceptors (Lipinski definition) is 1. The molecule has 2 nitrogen and oxygen atoms in total. The SMILES string of the molecule is C1=[N+]2c3ccccc3CC[C@H]2[C@@H]2CCc3ccccc3N12. The van der Waals surface area contributed by atoms with Gasteiger partial charge in [-0.15, -0.1) is 0 Å². The van der Waals surface area contributed by atoms with Gasteiger partial charge >= 0.3 is 0 Å². The van der Waals surface area contributed by atoms with Crippen LogP contribution < -0.4 is 4.90 Å². The number of para-hydroxylation sites is 2. The summed E-state index contributed by atoms with van der Waals surface area (Å²) in [6.07, 6.45) is 7.35. The maximum Gasteiger partial charge on any atom is 0.245 e. The van der Waals surface area contributed by atoms with E-state index in [1.807, 2.05) is 0 Å². The lowest BCUT2D eigenvalue weighted by molar-refractivity contribution is -0.480. The Morgan fingerprint density at radius 2 is 1.62 bits per heavy atom. The lowest BCUT2D eigenvalue weighted by Crippen LogP contribution is -2.42. The molecule has 0 saturated heterocycles. The highest BCUT2D eigenvalue weighted by molar-refractivity contribution is 5.82. The molecule has 2 aromatic carbocycles. The van der Waals surface area contributed by atoms with Crippen molar-refractivity contribution < 1.29 is 4.58 Å². The zero-order chi connectivity index (χ0) is 13.8. The zero-order valence-electron chi connectivity index (χ0n) is 12.1. The van der Waals surface area contributed by atoms with Crippen LogP contribution in [0.15, 0.2) is 48.5 Å². The molecule has 2 heteroatoms. The molecule has 0 bridgehead atoms. The predicted octanol–water partition coefficient (Wildman–Crippen LogP) is 3.51. The van der Waals surface area contributed by atoms with E-state index < -0.39 is 0 Å². The van der Waals surface area contributed by atoms with Crippen LogP contribution in [0.4, 0.5) is 11.4 Å². The lowest BCUT2D eigenvalue weighted by atomic mass is 9.88. The first kappa shape index (κ1) is 11.6. The smallest absolute Gasteiger partial charge is 0.226 e. The number of hydrogen-bond donors (Lipinski definition) is 0. The monoisotopic (exact) mass is 275 g/mol. The first-order valence-electron chi connectivity index (χ1n) is 7.99. The molecule has 0 fully saturated rings. The Morgan fingerprint density at radius 1 is 0.857 bits per heavy atom. The molecule has 0 aliphatic carbocycles. The van der Waals surface area contributed by atoms with Crippen LogP contribution in [0.3, 0.4) is 0 Å².